The van der Waals surface area contributed by atoms with Crippen LogP contribution in [-0.2, 0) is 11.8 Å². The van der Waals surface area contributed by atoms with Gasteiger partial charge >= 0.3 is 0 Å². The summed E-state index contributed by atoms with van der Waals surface area (Å²) in [5, 5.41) is 6.78. The van der Waals surface area contributed by atoms with Crippen molar-refractivity contribution in [3.8, 4) is 17.4 Å². The second kappa shape index (κ2) is 8.18. The van der Waals surface area contributed by atoms with E-state index in [1.807, 2.05) is 38.4 Å². The number of anilines is 1. The van der Waals surface area contributed by atoms with E-state index in [0.29, 0.717) is 23.1 Å². The zero-order valence-corrected chi connectivity index (χ0v) is 15.3. The fourth-order valence-corrected chi connectivity index (χ4v) is 2.37. The Balaban J connectivity index is 1.62. The number of carbonyl (C=O) groups excluding carboxylic acids is 1. The fraction of sp³-hybridized carbons (Fsp3) is 0.150. The largest absolute Gasteiger partial charge is 0.493 e. The Labute approximate surface area is 157 Å². The molecule has 0 bridgehead atoms. The SMILES string of the molecule is COc1cc(C)ccc1Oc1ccc(NC(=O)C=Cc2cnn(C)c2)cn1. The molecule has 1 N–H and O–H groups in total. The summed E-state index contributed by atoms with van der Waals surface area (Å²) in [7, 11) is 3.41. The summed E-state index contributed by atoms with van der Waals surface area (Å²) in [6, 6.07) is 9.05. The Morgan fingerprint density at radius 1 is 1.19 bits per heavy atom. The van der Waals surface area contributed by atoms with Crippen molar-refractivity contribution in [2.75, 3.05) is 12.4 Å². The molecule has 0 spiro atoms. The Morgan fingerprint density at radius 3 is 2.70 bits per heavy atom. The number of rotatable bonds is 6. The molecule has 0 aliphatic carbocycles. The maximum absolute atomic E-state index is 12.0. The molecule has 7 nitrogen and oxygen atoms in total. The van der Waals surface area contributed by atoms with Crippen molar-refractivity contribution in [3.05, 3.63) is 66.1 Å². The lowest BCUT2D eigenvalue weighted by Gasteiger charge is -2.10. The van der Waals surface area contributed by atoms with Crippen molar-refractivity contribution < 1.29 is 14.3 Å². The molecule has 0 atom stereocenters. The van der Waals surface area contributed by atoms with Crippen LogP contribution in [0, 0.1) is 6.92 Å². The van der Waals surface area contributed by atoms with Crippen molar-refractivity contribution >= 4 is 17.7 Å². The highest BCUT2D eigenvalue weighted by atomic mass is 16.5. The number of nitrogens with zero attached hydrogens (tertiary/aromatic N) is 3. The van der Waals surface area contributed by atoms with Gasteiger partial charge in [-0.3, -0.25) is 9.48 Å². The zero-order chi connectivity index (χ0) is 19.2. The van der Waals surface area contributed by atoms with Crippen LogP contribution in [0.15, 0.2) is 55.0 Å². The number of methoxy groups -OCH3 is 1. The number of aromatic nitrogens is 3. The lowest BCUT2D eigenvalue weighted by atomic mass is 10.2. The van der Waals surface area contributed by atoms with Crippen molar-refractivity contribution in [3.63, 3.8) is 0 Å². The van der Waals surface area contributed by atoms with Crippen molar-refractivity contribution in [2.45, 2.75) is 6.92 Å². The van der Waals surface area contributed by atoms with E-state index in [-0.39, 0.29) is 5.91 Å². The Hall–Kier alpha value is -3.61. The summed E-state index contributed by atoms with van der Waals surface area (Å²) in [5.41, 5.74) is 2.49. The summed E-state index contributed by atoms with van der Waals surface area (Å²) < 4.78 is 12.7. The molecule has 3 aromatic rings. The number of pyridine rings is 1. The second-order valence-corrected chi connectivity index (χ2v) is 5.91. The number of amides is 1. The van der Waals surface area contributed by atoms with E-state index >= 15 is 0 Å². The molecular weight excluding hydrogens is 344 g/mol. The van der Waals surface area contributed by atoms with Crippen LogP contribution in [0.5, 0.6) is 17.4 Å². The van der Waals surface area contributed by atoms with E-state index in [1.165, 1.54) is 12.3 Å². The Morgan fingerprint density at radius 2 is 2.04 bits per heavy atom. The molecule has 0 unspecified atom stereocenters. The summed E-state index contributed by atoms with van der Waals surface area (Å²) in [6.07, 6.45) is 8.16. The average Bonchev–Trinajstić information content (AvgIpc) is 3.08. The predicted octanol–water partition coefficient (Wildman–Crippen LogP) is 3.58. The molecule has 1 amide bonds. The smallest absolute Gasteiger partial charge is 0.248 e. The number of hydrogen-bond donors (Lipinski definition) is 1. The van der Waals surface area contributed by atoms with Gasteiger partial charge in [0.2, 0.25) is 11.8 Å². The minimum Gasteiger partial charge on any atom is -0.493 e. The average molecular weight is 364 g/mol. The molecule has 0 aliphatic heterocycles. The molecule has 2 aromatic heterocycles. The third-order valence-electron chi connectivity index (χ3n) is 3.69. The van der Waals surface area contributed by atoms with Crippen LogP contribution in [0.4, 0.5) is 5.69 Å². The van der Waals surface area contributed by atoms with E-state index in [0.717, 1.165) is 11.1 Å². The van der Waals surface area contributed by atoms with Gasteiger partial charge in [0.25, 0.3) is 0 Å². The molecular formula is C20H20N4O3. The molecule has 138 valence electrons. The number of aryl methyl sites for hydroxylation is 2. The van der Waals surface area contributed by atoms with Crippen LogP contribution in [-0.4, -0.2) is 27.8 Å². The topological polar surface area (TPSA) is 78.3 Å². The van der Waals surface area contributed by atoms with Gasteiger partial charge in [-0.2, -0.15) is 5.10 Å². The first-order chi connectivity index (χ1) is 13.0. The molecule has 1 aromatic carbocycles. The molecule has 7 heteroatoms. The third-order valence-corrected chi connectivity index (χ3v) is 3.69. The van der Waals surface area contributed by atoms with Crippen LogP contribution in [0.1, 0.15) is 11.1 Å². The lowest BCUT2D eigenvalue weighted by Crippen LogP contribution is -2.07. The van der Waals surface area contributed by atoms with E-state index < -0.39 is 0 Å². The highest BCUT2D eigenvalue weighted by Crippen LogP contribution is 2.31. The van der Waals surface area contributed by atoms with Crippen molar-refractivity contribution in [1.29, 1.82) is 0 Å². The van der Waals surface area contributed by atoms with Gasteiger partial charge in [0, 0.05) is 31.0 Å². The molecule has 0 aliphatic rings. The molecule has 0 fully saturated rings. The van der Waals surface area contributed by atoms with E-state index in [2.05, 4.69) is 15.4 Å². The number of ether oxygens (including phenoxy) is 2. The summed E-state index contributed by atoms with van der Waals surface area (Å²) in [4.78, 5) is 16.2. The second-order valence-electron chi connectivity index (χ2n) is 5.91. The van der Waals surface area contributed by atoms with Gasteiger partial charge in [-0.25, -0.2) is 4.98 Å². The van der Waals surface area contributed by atoms with Gasteiger partial charge < -0.3 is 14.8 Å². The number of carbonyl (C=O) groups is 1. The van der Waals surface area contributed by atoms with Gasteiger partial charge in [0.1, 0.15) is 0 Å². The summed E-state index contributed by atoms with van der Waals surface area (Å²) in [5.74, 6) is 1.36. The monoisotopic (exact) mass is 364 g/mol. The molecule has 27 heavy (non-hydrogen) atoms. The molecule has 0 saturated carbocycles. The Kier molecular flexibility index (Phi) is 5.51. The summed E-state index contributed by atoms with van der Waals surface area (Å²) >= 11 is 0. The fourth-order valence-electron chi connectivity index (χ4n) is 2.37. The quantitative estimate of drug-likeness (QED) is 0.677. The van der Waals surface area contributed by atoms with Gasteiger partial charge in [-0.15, -0.1) is 0 Å². The maximum atomic E-state index is 12.0. The molecule has 0 saturated heterocycles. The van der Waals surface area contributed by atoms with Gasteiger partial charge in [0.15, 0.2) is 11.5 Å². The molecule has 0 radical (unpaired) electrons. The standard InChI is InChI=1S/C20H20N4O3/c1-14-4-7-17(18(10-14)26-3)27-20-9-6-16(12-21-20)23-19(25)8-5-15-11-22-24(2)13-15/h4-13H,1-3H3,(H,23,25). The molecule has 2 heterocycles. The normalized spacial score (nSPS) is 10.8. The highest BCUT2D eigenvalue weighted by molar-refractivity contribution is 6.01. The van der Waals surface area contributed by atoms with Gasteiger partial charge in [0.05, 0.1) is 25.2 Å². The summed E-state index contributed by atoms with van der Waals surface area (Å²) in [6.45, 7) is 1.98. The lowest BCUT2D eigenvalue weighted by molar-refractivity contribution is -0.111. The van der Waals surface area contributed by atoms with Crippen LogP contribution < -0.4 is 14.8 Å². The van der Waals surface area contributed by atoms with E-state index in [4.69, 9.17) is 9.47 Å². The Bertz CT molecular complexity index is 962. The van der Waals surface area contributed by atoms with Crippen molar-refractivity contribution in [2.24, 2.45) is 7.05 Å². The number of benzene rings is 1. The van der Waals surface area contributed by atoms with E-state index in [1.54, 1.807) is 36.2 Å². The van der Waals surface area contributed by atoms with Crippen LogP contribution >= 0.6 is 0 Å². The third kappa shape index (κ3) is 4.94. The van der Waals surface area contributed by atoms with Crippen molar-refractivity contribution in [1.82, 2.24) is 14.8 Å². The van der Waals surface area contributed by atoms with Crippen LogP contribution in [0.3, 0.4) is 0 Å². The zero-order valence-electron chi connectivity index (χ0n) is 15.3. The maximum Gasteiger partial charge on any atom is 0.248 e. The van der Waals surface area contributed by atoms with Crippen LogP contribution in [0.2, 0.25) is 0 Å². The minimum atomic E-state index is -0.255. The first-order valence-corrected chi connectivity index (χ1v) is 8.30. The van der Waals surface area contributed by atoms with Gasteiger partial charge in [-0.1, -0.05) is 6.07 Å². The first-order valence-electron chi connectivity index (χ1n) is 8.30. The van der Waals surface area contributed by atoms with Crippen LogP contribution in [0.25, 0.3) is 6.08 Å². The number of hydrogen-bond acceptors (Lipinski definition) is 5. The van der Waals surface area contributed by atoms with Gasteiger partial charge in [-0.05, 0) is 36.8 Å². The first kappa shape index (κ1) is 18.2. The minimum absolute atomic E-state index is 0.255. The highest BCUT2D eigenvalue weighted by Gasteiger charge is 2.07. The predicted molar refractivity (Wildman–Crippen MR) is 103 cm³/mol. The molecule has 3 rings (SSSR count). The number of nitrogens with one attached hydrogen (secondary N) is 1. The van der Waals surface area contributed by atoms with E-state index in [9.17, 15) is 4.79 Å².